The molecule has 0 amide bonds. The molecule has 112 valence electrons. The number of rotatable bonds is 3. The Morgan fingerprint density at radius 1 is 1.35 bits per heavy atom. The molecule has 2 rings (SSSR count). The topological polar surface area (TPSA) is 15.3 Å². The van der Waals surface area contributed by atoms with Crippen molar-refractivity contribution in [2.45, 2.75) is 32.4 Å². The number of halogens is 3. The van der Waals surface area contributed by atoms with Crippen LogP contribution in [0.2, 0.25) is 10.0 Å². The smallest absolute Gasteiger partial charge is 0.142 e. The maximum atomic E-state index is 13.6. The number of piperidine rings is 1. The van der Waals surface area contributed by atoms with Gasteiger partial charge in [-0.3, -0.25) is 0 Å². The van der Waals surface area contributed by atoms with Gasteiger partial charge in [-0.15, -0.1) is 0 Å². The van der Waals surface area contributed by atoms with Crippen molar-refractivity contribution in [2.24, 2.45) is 5.92 Å². The van der Waals surface area contributed by atoms with Gasteiger partial charge in [0.25, 0.3) is 0 Å². The van der Waals surface area contributed by atoms with Crippen molar-refractivity contribution in [3.05, 3.63) is 33.6 Å². The molecular weight excluding hydrogens is 298 g/mol. The highest BCUT2D eigenvalue weighted by Gasteiger charge is 2.26. The fourth-order valence-electron chi connectivity index (χ4n) is 2.88. The van der Waals surface area contributed by atoms with Crippen LogP contribution in [0.5, 0.6) is 0 Å². The van der Waals surface area contributed by atoms with Crippen LogP contribution in [0, 0.1) is 11.7 Å². The first-order valence-corrected chi connectivity index (χ1v) is 7.73. The van der Waals surface area contributed by atoms with E-state index in [4.69, 9.17) is 23.2 Å². The Kier molecular flexibility index (Phi) is 5.30. The molecule has 20 heavy (non-hydrogen) atoms. The molecule has 1 heterocycles. The van der Waals surface area contributed by atoms with E-state index in [2.05, 4.69) is 24.2 Å². The van der Waals surface area contributed by atoms with Crippen LogP contribution in [-0.4, -0.2) is 31.1 Å². The Bertz CT molecular complexity index is 481. The van der Waals surface area contributed by atoms with E-state index in [1.165, 1.54) is 12.1 Å². The second kappa shape index (κ2) is 6.61. The van der Waals surface area contributed by atoms with Crippen molar-refractivity contribution >= 4 is 23.2 Å². The summed E-state index contributed by atoms with van der Waals surface area (Å²) < 4.78 is 13.6. The lowest BCUT2D eigenvalue weighted by Crippen LogP contribution is -2.47. The molecule has 1 aliphatic heterocycles. The Hall–Kier alpha value is -0.350. The molecular formula is C15H21Cl2FN2. The third-order valence-electron chi connectivity index (χ3n) is 4.08. The van der Waals surface area contributed by atoms with Crippen LogP contribution >= 0.6 is 23.2 Å². The zero-order chi connectivity index (χ0) is 14.9. The summed E-state index contributed by atoms with van der Waals surface area (Å²) in [5.41, 5.74) is 0.764. The summed E-state index contributed by atoms with van der Waals surface area (Å²) in [5.74, 6) is 0.142. The fourth-order valence-corrected chi connectivity index (χ4v) is 3.43. The summed E-state index contributed by atoms with van der Waals surface area (Å²) in [7, 11) is 2.14. The molecule has 3 atom stereocenters. The summed E-state index contributed by atoms with van der Waals surface area (Å²) in [6.07, 6.45) is 1.09. The largest absolute Gasteiger partial charge is 0.307 e. The zero-order valence-corrected chi connectivity index (χ0v) is 13.6. The third-order valence-corrected chi connectivity index (χ3v) is 4.70. The van der Waals surface area contributed by atoms with E-state index in [1.54, 1.807) is 0 Å². The van der Waals surface area contributed by atoms with Gasteiger partial charge in [-0.05, 0) is 50.6 Å². The van der Waals surface area contributed by atoms with Gasteiger partial charge >= 0.3 is 0 Å². The highest BCUT2D eigenvalue weighted by molar-refractivity contribution is 6.35. The number of likely N-dealkylation sites (tertiary alicyclic amines) is 1. The van der Waals surface area contributed by atoms with Gasteiger partial charge in [0.1, 0.15) is 5.82 Å². The molecule has 0 bridgehead atoms. The molecule has 1 aromatic carbocycles. The zero-order valence-electron chi connectivity index (χ0n) is 12.1. The minimum atomic E-state index is -0.420. The number of nitrogens with zero attached hydrogens (tertiary/aromatic N) is 1. The number of benzene rings is 1. The van der Waals surface area contributed by atoms with Crippen LogP contribution in [0.15, 0.2) is 12.1 Å². The van der Waals surface area contributed by atoms with E-state index in [1.807, 2.05) is 6.92 Å². The molecule has 1 aromatic rings. The third kappa shape index (κ3) is 3.64. The molecule has 0 aliphatic carbocycles. The van der Waals surface area contributed by atoms with Crippen molar-refractivity contribution in [1.82, 2.24) is 10.2 Å². The summed E-state index contributed by atoms with van der Waals surface area (Å²) in [6, 6.07) is 3.34. The predicted molar refractivity (Wildman–Crippen MR) is 83.0 cm³/mol. The molecule has 0 radical (unpaired) electrons. The first kappa shape index (κ1) is 16.0. The van der Waals surface area contributed by atoms with Crippen LogP contribution in [0.4, 0.5) is 4.39 Å². The summed E-state index contributed by atoms with van der Waals surface area (Å²) >= 11 is 11.9. The van der Waals surface area contributed by atoms with E-state index in [0.717, 1.165) is 25.1 Å². The van der Waals surface area contributed by atoms with E-state index >= 15 is 0 Å². The van der Waals surface area contributed by atoms with E-state index in [-0.39, 0.29) is 11.1 Å². The van der Waals surface area contributed by atoms with Crippen LogP contribution in [0.25, 0.3) is 0 Å². The number of hydrogen-bond acceptors (Lipinski definition) is 2. The molecule has 3 unspecified atom stereocenters. The maximum Gasteiger partial charge on any atom is 0.142 e. The first-order chi connectivity index (χ1) is 9.38. The first-order valence-electron chi connectivity index (χ1n) is 6.97. The molecule has 1 saturated heterocycles. The van der Waals surface area contributed by atoms with Gasteiger partial charge in [-0.25, -0.2) is 4.39 Å². The van der Waals surface area contributed by atoms with E-state index < -0.39 is 5.82 Å². The molecule has 1 N–H and O–H groups in total. The van der Waals surface area contributed by atoms with E-state index in [0.29, 0.717) is 17.0 Å². The predicted octanol–water partition coefficient (Wildman–Crippen LogP) is 4.12. The van der Waals surface area contributed by atoms with Crippen LogP contribution < -0.4 is 5.32 Å². The van der Waals surface area contributed by atoms with Gasteiger partial charge < -0.3 is 10.2 Å². The quantitative estimate of drug-likeness (QED) is 0.843. The minimum Gasteiger partial charge on any atom is -0.307 e. The van der Waals surface area contributed by atoms with Gasteiger partial charge in [0, 0.05) is 23.7 Å². The number of hydrogen-bond donors (Lipinski definition) is 1. The molecule has 5 heteroatoms. The standard InChI is InChI=1S/C15H21Cl2FN2/c1-9-8-20(3)5-4-15(9)19-10(2)11-6-14(18)13(17)7-12(11)16/h6-7,9-10,15,19H,4-5,8H2,1-3H3. The molecule has 1 aliphatic rings. The van der Waals surface area contributed by atoms with Gasteiger partial charge in [0.15, 0.2) is 0 Å². The second-order valence-electron chi connectivity index (χ2n) is 5.81. The van der Waals surface area contributed by atoms with Gasteiger partial charge in [0.2, 0.25) is 0 Å². The van der Waals surface area contributed by atoms with Crippen LogP contribution in [0.3, 0.4) is 0 Å². The van der Waals surface area contributed by atoms with Crippen molar-refractivity contribution in [2.75, 3.05) is 20.1 Å². The lowest BCUT2D eigenvalue weighted by Gasteiger charge is -2.37. The fraction of sp³-hybridized carbons (Fsp3) is 0.600. The second-order valence-corrected chi connectivity index (χ2v) is 6.63. The minimum absolute atomic E-state index is 0.00474. The van der Waals surface area contributed by atoms with E-state index in [9.17, 15) is 4.39 Å². The normalized spacial score (nSPS) is 25.7. The molecule has 0 spiro atoms. The SMILES string of the molecule is CC(NC1CCN(C)CC1C)c1cc(F)c(Cl)cc1Cl. The van der Waals surface area contributed by atoms with Gasteiger partial charge in [0.05, 0.1) is 5.02 Å². The highest BCUT2D eigenvalue weighted by atomic mass is 35.5. The van der Waals surface area contributed by atoms with Crippen molar-refractivity contribution < 1.29 is 4.39 Å². The monoisotopic (exact) mass is 318 g/mol. The highest BCUT2D eigenvalue weighted by Crippen LogP contribution is 2.30. The van der Waals surface area contributed by atoms with Crippen molar-refractivity contribution in [3.8, 4) is 0 Å². The Morgan fingerprint density at radius 3 is 2.70 bits per heavy atom. The Balaban J connectivity index is 2.08. The lowest BCUT2D eigenvalue weighted by molar-refractivity contribution is 0.168. The lowest BCUT2D eigenvalue weighted by atomic mass is 9.93. The summed E-state index contributed by atoms with van der Waals surface area (Å²) in [4.78, 5) is 2.34. The maximum absolute atomic E-state index is 13.6. The Labute approximate surface area is 130 Å². The molecule has 0 saturated carbocycles. The average Bonchev–Trinajstić information content (AvgIpc) is 2.37. The van der Waals surface area contributed by atoms with Crippen molar-refractivity contribution in [3.63, 3.8) is 0 Å². The molecule has 1 fully saturated rings. The van der Waals surface area contributed by atoms with Gasteiger partial charge in [-0.2, -0.15) is 0 Å². The summed E-state index contributed by atoms with van der Waals surface area (Å²) in [6.45, 7) is 6.41. The Morgan fingerprint density at radius 2 is 2.05 bits per heavy atom. The van der Waals surface area contributed by atoms with Gasteiger partial charge in [-0.1, -0.05) is 30.1 Å². The molecule has 0 aromatic heterocycles. The van der Waals surface area contributed by atoms with Crippen molar-refractivity contribution in [1.29, 1.82) is 0 Å². The van der Waals surface area contributed by atoms with Crippen LogP contribution in [-0.2, 0) is 0 Å². The number of nitrogens with one attached hydrogen (secondary N) is 1. The average molecular weight is 319 g/mol. The molecule has 2 nitrogen and oxygen atoms in total. The summed E-state index contributed by atoms with van der Waals surface area (Å²) in [5, 5.41) is 4.15. The van der Waals surface area contributed by atoms with Crippen LogP contribution in [0.1, 0.15) is 31.9 Å².